The number of hydrogen-bond donors (Lipinski definition) is 2. The fraction of sp³-hybridized carbons (Fsp3) is 0.647. The Kier molecular flexibility index (Phi) is 5.87. The van der Waals surface area contributed by atoms with Gasteiger partial charge in [0.15, 0.2) is 0 Å². The van der Waals surface area contributed by atoms with Gasteiger partial charge in [0.05, 0.1) is 6.61 Å². The van der Waals surface area contributed by atoms with E-state index in [4.69, 9.17) is 0 Å². The average Bonchev–Trinajstić information content (AvgIpc) is 2.73. The lowest BCUT2D eigenvalue weighted by atomic mass is 9.92. The van der Waals surface area contributed by atoms with Crippen LogP contribution in [0, 0.1) is 0 Å². The molecule has 2 unspecified atom stereocenters. The zero-order chi connectivity index (χ0) is 13.5. The van der Waals surface area contributed by atoms with Gasteiger partial charge in [0.2, 0.25) is 0 Å². The quantitative estimate of drug-likeness (QED) is 0.796. The Morgan fingerprint density at radius 1 is 1.11 bits per heavy atom. The molecule has 1 aliphatic rings. The highest BCUT2D eigenvalue weighted by Gasteiger charge is 2.22. The molecule has 2 nitrogen and oxygen atoms in total. The summed E-state index contributed by atoms with van der Waals surface area (Å²) in [5.74, 6) is 0.356. The Bertz CT molecular complexity index is 344. The van der Waals surface area contributed by atoms with Gasteiger partial charge >= 0.3 is 0 Å². The van der Waals surface area contributed by atoms with Gasteiger partial charge in [-0.25, -0.2) is 0 Å². The lowest BCUT2D eigenvalue weighted by molar-refractivity contribution is 0.210. The monoisotopic (exact) mass is 261 g/mol. The van der Waals surface area contributed by atoms with Gasteiger partial charge in [0.25, 0.3) is 0 Å². The molecule has 19 heavy (non-hydrogen) atoms. The highest BCUT2D eigenvalue weighted by molar-refractivity contribution is 5.20. The van der Waals surface area contributed by atoms with Crippen LogP contribution < -0.4 is 5.32 Å². The van der Waals surface area contributed by atoms with Gasteiger partial charge in [-0.3, -0.25) is 0 Å². The summed E-state index contributed by atoms with van der Waals surface area (Å²) >= 11 is 0. The van der Waals surface area contributed by atoms with Crippen LogP contribution in [0.4, 0.5) is 0 Å². The summed E-state index contributed by atoms with van der Waals surface area (Å²) in [5, 5.41) is 13.4. The van der Waals surface area contributed by atoms with Crippen molar-refractivity contribution in [2.75, 3.05) is 6.61 Å². The Labute approximate surface area is 117 Å². The summed E-state index contributed by atoms with van der Waals surface area (Å²) in [5.41, 5.74) is 1.31. The molecule has 2 N–H and O–H groups in total. The zero-order valence-electron chi connectivity index (χ0n) is 12.0. The largest absolute Gasteiger partial charge is 0.395 e. The van der Waals surface area contributed by atoms with Gasteiger partial charge in [-0.2, -0.15) is 0 Å². The minimum absolute atomic E-state index is 0.172. The van der Waals surface area contributed by atoms with E-state index in [1.54, 1.807) is 0 Å². The minimum Gasteiger partial charge on any atom is -0.395 e. The summed E-state index contributed by atoms with van der Waals surface area (Å²) in [6, 6.07) is 11.3. The summed E-state index contributed by atoms with van der Waals surface area (Å²) in [6.45, 7) is 2.42. The smallest absolute Gasteiger partial charge is 0.0590 e. The first-order valence-corrected chi connectivity index (χ1v) is 7.73. The van der Waals surface area contributed by atoms with E-state index >= 15 is 0 Å². The molecule has 2 atom stereocenters. The van der Waals surface area contributed by atoms with Crippen LogP contribution in [-0.2, 0) is 0 Å². The number of nitrogens with one attached hydrogen (secondary N) is 1. The Morgan fingerprint density at radius 2 is 1.74 bits per heavy atom. The number of rotatable bonds is 5. The van der Waals surface area contributed by atoms with Crippen molar-refractivity contribution in [1.29, 1.82) is 0 Å². The number of aliphatic hydroxyl groups is 1. The van der Waals surface area contributed by atoms with Crippen molar-refractivity contribution in [3.8, 4) is 0 Å². The molecule has 0 spiro atoms. The predicted molar refractivity (Wildman–Crippen MR) is 80.4 cm³/mol. The van der Waals surface area contributed by atoms with E-state index in [0.717, 1.165) is 0 Å². The standard InChI is InChI=1S/C17H27NO/c1-14(15-9-5-4-6-10-15)17(13-19)18-16-11-7-2-3-8-12-16/h4-6,9-10,14,16-19H,2-3,7-8,11-13H2,1H3. The number of benzene rings is 1. The molecule has 106 valence electrons. The first kappa shape index (κ1) is 14.5. The van der Waals surface area contributed by atoms with E-state index in [1.165, 1.54) is 44.1 Å². The maximum Gasteiger partial charge on any atom is 0.0590 e. The van der Waals surface area contributed by atoms with Crippen LogP contribution in [-0.4, -0.2) is 23.8 Å². The average molecular weight is 261 g/mol. The van der Waals surface area contributed by atoms with Crippen molar-refractivity contribution >= 4 is 0 Å². The van der Waals surface area contributed by atoms with Crippen molar-refractivity contribution in [1.82, 2.24) is 5.32 Å². The molecule has 0 aromatic heterocycles. The molecule has 0 radical (unpaired) electrons. The van der Waals surface area contributed by atoms with Gasteiger partial charge in [0.1, 0.15) is 0 Å². The van der Waals surface area contributed by atoms with Crippen molar-refractivity contribution in [2.24, 2.45) is 0 Å². The maximum atomic E-state index is 9.70. The molecular formula is C17H27NO. The number of hydrogen-bond acceptors (Lipinski definition) is 2. The second-order valence-corrected chi connectivity index (χ2v) is 5.84. The maximum absolute atomic E-state index is 9.70. The van der Waals surface area contributed by atoms with Crippen LogP contribution in [0.1, 0.15) is 56.9 Å². The Balaban J connectivity index is 1.95. The Hall–Kier alpha value is -0.860. The topological polar surface area (TPSA) is 32.3 Å². The second kappa shape index (κ2) is 7.66. The highest BCUT2D eigenvalue weighted by Crippen LogP contribution is 2.22. The van der Waals surface area contributed by atoms with Crippen LogP contribution in [0.5, 0.6) is 0 Å². The first-order valence-electron chi connectivity index (χ1n) is 7.73. The van der Waals surface area contributed by atoms with Crippen LogP contribution in [0.2, 0.25) is 0 Å². The third-order valence-electron chi connectivity index (χ3n) is 4.43. The third kappa shape index (κ3) is 4.32. The van der Waals surface area contributed by atoms with Crippen LogP contribution in [0.15, 0.2) is 30.3 Å². The second-order valence-electron chi connectivity index (χ2n) is 5.84. The van der Waals surface area contributed by atoms with E-state index in [2.05, 4.69) is 36.5 Å². The van der Waals surface area contributed by atoms with Crippen molar-refractivity contribution in [2.45, 2.75) is 63.5 Å². The Morgan fingerprint density at radius 3 is 2.32 bits per heavy atom. The molecule has 0 aliphatic heterocycles. The fourth-order valence-electron chi connectivity index (χ4n) is 3.09. The first-order chi connectivity index (χ1) is 9.31. The van der Waals surface area contributed by atoms with Crippen LogP contribution >= 0.6 is 0 Å². The van der Waals surface area contributed by atoms with Gasteiger partial charge in [-0.05, 0) is 24.3 Å². The lowest BCUT2D eigenvalue weighted by Gasteiger charge is -2.28. The highest BCUT2D eigenvalue weighted by atomic mass is 16.3. The normalized spacial score (nSPS) is 20.7. The molecule has 0 heterocycles. The van der Waals surface area contributed by atoms with Crippen molar-refractivity contribution < 1.29 is 5.11 Å². The summed E-state index contributed by atoms with van der Waals surface area (Å²) in [6.07, 6.45) is 7.92. The van der Waals surface area contributed by atoms with Gasteiger partial charge < -0.3 is 10.4 Å². The molecule has 1 aromatic carbocycles. The zero-order valence-corrected chi connectivity index (χ0v) is 12.0. The van der Waals surface area contributed by atoms with E-state index in [0.29, 0.717) is 12.0 Å². The fourth-order valence-corrected chi connectivity index (χ4v) is 3.09. The molecule has 1 saturated carbocycles. The van der Waals surface area contributed by atoms with E-state index in [9.17, 15) is 5.11 Å². The minimum atomic E-state index is 0.172. The van der Waals surface area contributed by atoms with Crippen LogP contribution in [0.25, 0.3) is 0 Å². The summed E-state index contributed by atoms with van der Waals surface area (Å²) in [7, 11) is 0. The third-order valence-corrected chi connectivity index (χ3v) is 4.43. The van der Waals surface area contributed by atoms with Gasteiger partial charge in [0, 0.05) is 12.1 Å². The summed E-state index contributed by atoms with van der Waals surface area (Å²) < 4.78 is 0. The molecule has 2 heteroatoms. The van der Waals surface area contributed by atoms with E-state index in [1.807, 2.05) is 6.07 Å². The predicted octanol–water partition coefficient (Wildman–Crippen LogP) is 3.46. The van der Waals surface area contributed by atoms with Gasteiger partial charge in [-0.1, -0.05) is 62.9 Å². The number of aliphatic hydroxyl groups excluding tert-OH is 1. The van der Waals surface area contributed by atoms with Crippen molar-refractivity contribution in [3.63, 3.8) is 0 Å². The lowest BCUT2D eigenvalue weighted by Crippen LogP contribution is -2.43. The molecule has 2 rings (SSSR count). The van der Waals surface area contributed by atoms with Gasteiger partial charge in [-0.15, -0.1) is 0 Å². The van der Waals surface area contributed by atoms with E-state index in [-0.39, 0.29) is 12.6 Å². The van der Waals surface area contributed by atoms with E-state index < -0.39 is 0 Å². The molecule has 0 bridgehead atoms. The molecule has 1 fully saturated rings. The molecule has 1 aromatic rings. The SMILES string of the molecule is CC(c1ccccc1)C(CO)NC1CCCCCC1. The molecule has 1 aliphatic carbocycles. The van der Waals surface area contributed by atoms with Crippen LogP contribution in [0.3, 0.4) is 0 Å². The molecule has 0 saturated heterocycles. The van der Waals surface area contributed by atoms with Crippen molar-refractivity contribution in [3.05, 3.63) is 35.9 Å². The molecular weight excluding hydrogens is 234 g/mol. The summed E-state index contributed by atoms with van der Waals surface area (Å²) in [4.78, 5) is 0. The molecule has 0 amide bonds.